The van der Waals surface area contributed by atoms with Crippen molar-refractivity contribution in [2.24, 2.45) is 5.92 Å². The lowest BCUT2D eigenvalue weighted by Gasteiger charge is -2.32. The first-order valence-electron chi connectivity index (χ1n) is 5.73. The molecule has 0 radical (unpaired) electrons. The topological polar surface area (TPSA) is 46.6 Å². The van der Waals surface area contributed by atoms with Crippen molar-refractivity contribution in [2.45, 2.75) is 6.42 Å². The maximum absolute atomic E-state index is 13.6. The number of ether oxygens (including phenoxy) is 1. The molecule has 0 aromatic heterocycles. The van der Waals surface area contributed by atoms with Gasteiger partial charge < -0.3 is 9.64 Å². The van der Waals surface area contributed by atoms with Gasteiger partial charge in [-0.25, -0.2) is 4.39 Å². The number of benzene rings is 1. The lowest BCUT2D eigenvalue weighted by molar-refractivity contribution is -0.149. The lowest BCUT2D eigenvalue weighted by atomic mass is 9.96. The van der Waals surface area contributed by atoms with Gasteiger partial charge in [0.1, 0.15) is 11.7 Å². The molecule has 0 bridgehead atoms. The number of anilines is 1. The minimum absolute atomic E-state index is 0.144. The van der Waals surface area contributed by atoms with Crippen molar-refractivity contribution in [3.63, 3.8) is 0 Å². The molecule has 2 rings (SSSR count). The van der Waals surface area contributed by atoms with E-state index in [1.807, 2.05) is 0 Å². The monoisotopic (exact) mass is 251 g/mol. The van der Waals surface area contributed by atoms with Gasteiger partial charge in [0.25, 0.3) is 0 Å². The van der Waals surface area contributed by atoms with Crippen LogP contribution in [0.4, 0.5) is 10.1 Å². The van der Waals surface area contributed by atoms with Gasteiger partial charge in [-0.05, 0) is 12.1 Å². The number of Topliss-reactive ketones (excluding diaryl/α,β-unsaturated/α-hetero) is 1. The predicted molar refractivity (Wildman–Crippen MR) is 63.7 cm³/mol. The van der Waals surface area contributed by atoms with Crippen LogP contribution in [0.3, 0.4) is 0 Å². The highest BCUT2D eigenvalue weighted by Gasteiger charge is 2.34. The van der Waals surface area contributed by atoms with E-state index < -0.39 is 11.9 Å². The first kappa shape index (κ1) is 12.5. The summed E-state index contributed by atoms with van der Waals surface area (Å²) in [4.78, 5) is 24.8. The van der Waals surface area contributed by atoms with Gasteiger partial charge in [0.15, 0.2) is 5.78 Å². The minimum Gasteiger partial charge on any atom is -0.468 e. The molecule has 4 nitrogen and oxygen atoms in total. The van der Waals surface area contributed by atoms with Crippen LogP contribution in [-0.2, 0) is 14.3 Å². The van der Waals surface area contributed by atoms with Crippen molar-refractivity contribution in [2.75, 3.05) is 25.1 Å². The zero-order valence-corrected chi connectivity index (χ0v) is 10.1. The molecule has 1 fully saturated rings. The highest BCUT2D eigenvalue weighted by Crippen LogP contribution is 2.24. The second-order valence-corrected chi connectivity index (χ2v) is 4.19. The van der Waals surface area contributed by atoms with Crippen molar-refractivity contribution in [1.82, 2.24) is 0 Å². The van der Waals surface area contributed by atoms with E-state index in [2.05, 4.69) is 4.74 Å². The van der Waals surface area contributed by atoms with Crippen LogP contribution in [0.5, 0.6) is 0 Å². The van der Waals surface area contributed by atoms with E-state index in [0.717, 1.165) is 0 Å². The molecule has 5 heteroatoms. The largest absolute Gasteiger partial charge is 0.468 e. The van der Waals surface area contributed by atoms with Crippen LogP contribution in [0.15, 0.2) is 24.3 Å². The second-order valence-electron chi connectivity index (χ2n) is 4.19. The first-order chi connectivity index (χ1) is 8.63. The van der Waals surface area contributed by atoms with Crippen molar-refractivity contribution in [1.29, 1.82) is 0 Å². The molecule has 0 amide bonds. The van der Waals surface area contributed by atoms with E-state index in [0.29, 0.717) is 12.2 Å². The Balaban J connectivity index is 2.20. The zero-order valence-electron chi connectivity index (χ0n) is 10.1. The van der Waals surface area contributed by atoms with E-state index in [9.17, 15) is 14.0 Å². The number of hydrogen-bond donors (Lipinski definition) is 0. The third-order valence-electron chi connectivity index (χ3n) is 3.10. The Morgan fingerprint density at radius 1 is 1.44 bits per heavy atom. The minimum atomic E-state index is -0.816. The first-order valence-corrected chi connectivity index (χ1v) is 5.73. The summed E-state index contributed by atoms with van der Waals surface area (Å²) in [5, 5.41) is 0. The van der Waals surface area contributed by atoms with Gasteiger partial charge in [0, 0.05) is 19.5 Å². The summed E-state index contributed by atoms with van der Waals surface area (Å²) >= 11 is 0. The van der Waals surface area contributed by atoms with E-state index in [1.165, 1.54) is 13.2 Å². The normalized spacial score (nSPS) is 19.8. The Bertz CT molecular complexity index is 467. The maximum Gasteiger partial charge on any atom is 0.318 e. The van der Waals surface area contributed by atoms with E-state index in [4.69, 9.17) is 0 Å². The quantitative estimate of drug-likeness (QED) is 0.588. The molecule has 1 saturated heterocycles. The molecule has 0 spiro atoms. The Morgan fingerprint density at radius 2 is 2.17 bits per heavy atom. The highest BCUT2D eigenvalue weighted by atomic mass is 19.1. The lowest BCUT2D eigenvalue weighted by Crippen LogP contribution is -2.45. The van der Waals surface area contributed by atoms with Crippen LogP contribution in [0.25, 0.3) is 0 Å². The summed E-state index contributed by atoms with van der Waals surface area (Å²) in [6.45, 7) is 0.597. The molecule has 1 unspecified atom stereocenters. The van der Waals surface area contributed by atoms with Gasteiger partial charge in [0.05, 0.1) is 12.8 Å². The van der Waals surface area contributed by atoms with Crippen molar-refractivity contribution in [3.8, 4) is 0 Å². The molecule has 18 heavy (non-hydrogen) atoms. The number of esters is 1. The molecular formula is C13H14FNO3. The third-order valence-corrected chi connectivity index (χ3v) is 3.10. The maximum atomic E-state index is 13.6. The molecule has 1 heterocycles. The highest BCUT2D eigenvalue weighted by molar-refractivity contribution is 6.00. The van der Waals surface area contributed by atoms with Gasteiger partial charge in [0.2, 0.25) is 0 Å². The predicted octanol–water partition coefficient (Wildman–Crippen LogP) is 1.39. The van der Waals surface area contributed by atoms with Crippen LogP contribution in [0.2, 0.25) is 0 Å². The molecule has 1 aromatic rings. The molecule has 0 aliphatic carbocycles. The van der Waals surface area contributed by atoms with E-state index >= 15 is 0 Å². The standard InChI is InChI=1S/C13H14FNO3/c1-18-13(17)9-8-15(7-6-12(9)16)11-5-3-2-4-10(11)14/h2-5,9H,6-8H2,1H3. The number of rotatable bonds is 2. The Morgan fingerprint density at radius 3 is 2.83 bits per heavy atom. The number of methoxy groups -OCH3 is 1. The molecular weight excluding hydrogens is 237 g/mol. The molecule has 0 saturated carbocycles. The molecule has 96 valence electrons. The van der Waals surface area contributed by atoms with E-state index in [-0.39, 0.29) is 24.6 Å². The molecule has 1 aromatic carbocycles. The van der Waals surface area contributed by atoms with Gasteiger partial charge in [-0.1, -0.05) is 12.1 Å². The molecule has 1 aliphatic rings. The fourth-order valence-electron chi connectivity index (χ4n) is 2.11. The van der Waals surface area contributed by atoms with Gasteiger partial charge in [-0.15, -0.1) is 0 Å². The number of hydrogen-bond acceptors (Lipinski definition) is 4. The van der Waals surface area contributed by atoms with Gasteiger partial charge >= 0.3 is 5.97 Å². The van der Waals surface area contributed by atoms with Crippen LogP contribution >= 0.6 is 0 Å². The Labute approximate surface area is 104 Å². The summed E-state index contributed by atoms with van der Waals surface area (Å²) in [6, 6.07) is 6.33. The number of carbonyl (C=O) groups excluding carboxylic acids is 2. The average Bonchev–Trinajstić information content (AvgIpc) is 2.39. The van der Waals surface area contributed by atoms with Gasteiger partial charge in [-0.2, -0.15) is 0 Å². The van der Waals surface area contributed by atoms with Crippen LogP contribution in [0, 0.1) is 11.7 Å². The van der Waals surface area contributed by atoms with Crippen molar-refractivity contribution in [3.05, 3.63) is 30.1 Å². The number of para-hydroxylation sites is 1. The fraction of sp³-hybridized carbons (Fsp3) is 0.385. The summed E-state index contributed by atoms with van der Waals surface area (Å²) in [5.74, 6) is -1.87. The summed E-state index contributed by atoms with van der Waals surface area (Å²) < 4.78 is 18.2. The van der Waals surface area contributed by atoms with Crippen LogP contribution in [0.1, 0.15) is 6.42 Å². The number of halogens is 1. The number of nitrogens with zero attached hydrogens (tertiary/aromatic N) is 1. The number of piperidine rings is 1. The van der Waals surface area contributed by atoms with Gasteiger partial charge in [-0.3, -0.25) is 9.59 Å². The van der Waals surface area contributed by atoms with Crippen LogP contribution in [-0.4, -0.2) is 32.0 Å². The van der Waals surface area contributed by atoms with Crippen LogP contribution < -0.4 is 4.90 Å². The summed E-state index contributed by atoms with van der Waals surface area (Å²) in [6.07, 6.45) is 0.230. The van der Waals surface area contributed by atoms with E-state index in [1.54, 1.807) is 23.1 Å². The second kappa shape index (κ2) is 5.16. The molecule has 1 aliphatic heterocycles. The smallest absolute Gasteiger partial charge is 0.318 e. The third kappa shape index (κ3) is 2.34. The van der Waals surface area contributed by atoms with Crippen molar-refractivity contribution < 1.29 is 18.7 Å². The average molecular weight is 251 g/mol. The fourth-order valence-corrected chi connectivity index (χ4v) is 2.11. The molecule has 0 N–H and O–H groups in total. The number of ketones is 1. The SMILES string of the molecule is COC(=O)C1CN(c2ccccc2F)CCC1=O. The molecule has 1 atom stereocenters. The summed E-state index contributed by atoms with van der Waals surface area (Å²) in [7, 11) is 1.25. The Kier molecular flexibility index (Phi) is 3.60. The van der Waals surface area contributed by atoms with Crippen molar-refractivity contribution >= 4 is 17.4 Å². The summed E-state index contributed by atoms with van der Waals surface area (Å²) in [5.41, 5.74) is 0.416. The Hall–Kier alpha value is -1.91. The number of carbonyl (C=O) groups is 2. The zero-order chi connectivity index (χ0) is 13.1.